The van der Waals surface area contributed by atoms with Gasteiger partial charge in [-0.25, -0.2) is 4.79 Å². The molecule has 112 valence electrons. The van der Waals surface area contributed by atoms with E-state index in [-0.39, 0.29) is 12.0 Å². The molecule has 0 radical (unpaired) electrons. The number of nitrogen functional groups attached to an aromatic ring is 1. The largest absolute Gasteiger partial charge is 0.460 e. The van der Waals surface area contributed by atoms with Crippen LogP contribution in [-0.2, 0) is 9.47 Å². The minimum Gasteiger partial charge on any atom is -0.460 e. The van der Waals surface area contributed by atoms with Gasteiger partial charge in [-0.3, -0.25) is 4.90 Å². The summed E-state index contributed by atoms with van der Waals surface area (Å²) in [5.74, 6) is -0.316. The predicted octanol–water partition coefficient (Wildman–Crippen LogP) is 1.14. The van der Waals surface area contributed by atoms with Crippen LogP contribution in [0, 0.1) is 0 Å². The van der Waals surface area contributed by atoms with Crippen molar-refractivity contribution in [3.8, 4) is 0 Å². The van der Waals surface area contributed by atoms with Crippen molar-refractivity contribution in [1.82, 2.24) is 9.47 Å². The molecule has 2 heterocycles. The molecule has 1 aliphatic rings. The molecule has 20 heavy (non-hydrogen) atoms. The van der Waals surface area contributed by atoms with Crippen molar-refractivity contribution < 1.29 is 14.3 Å². The summed E-state index contributed by atoms with van der Waals surface area (Å²) < 4.78 is 12.5. The molecule has 0 spiro atoms. The summed E-state index contributed by atoms with van der Waals surface area (Å²) in [6.45, 7) is 8.43. The number of rotatable bonds is 5. The zero-order valence-corrected chi connectivity index (χ0v) is 12.2. The lowest BCUT2D eigenvalue weighted by atomic mass is 10.3. The van der Waals surface area contributed by atoms with E-state index in [4.69, 9.17) is 15.2 Å². The summed E-state index contributed by atoms with van der Waals surface area (Å²) in [7, 11) is 0. The molecule has 6 nitrogen and oxygen atoms in total. The number of nitrogens with two attached hydrogens (primary N) is 1. The summed E-state index contributed by atoms with van der Waals surface area (Å²) >= 11 is 0. The van der Waals surface area contributed by atoms with Crippen LogP contribution in [0.3, 0.4) is 0 Å². The van der Waals surface area contributed by atoms with Crippen LogP contribution in [-0.4, -0.2) is 54.9 Å². The van der Waals surface area contributed by atoms with Crippen LogP contribution in [0.4, 0.5) is 5.69 Å². The van der Waals surface area contributed by atoms with Gasteiger partial charge in [0, 0.05) is 31.9 Å². The Bertz CT molecular complexity index is 451. The van der Waals surface area contributed by atoms with Gasteiger partial charge in [-0.15, -0.1) is 0 Å². The molecule has 0 atom stereocenters. The van der Waals surface area contributed by atoms with E-state index < -0.39 is 0 Å². The van der Waals surface area contributed by atoms with Gasteiger partial charge in [-0.1, -0.05) is 0 Å². The molecule has 2 rings (SSSR count). The van der Waals surface area contributed by atoms with Gasteiger partial charge in [0.2, 0.25) is 0 Å². The van der Waals surface area contributed by atoms with E-state index >= 15 is 0 Å². The van der Waals surface area contributed by atoms with Crippen molar-refractivity contribution in [3.63, 3.8) is 0 Å². The highest BCUT2D eigenvalue weighted by Gasteiger charge is 2.17. The lowest BCUT2D eigenvalue weighted by Gasteiger charge is -2.26. The normalized spacial score (nSPS) is 16.6. The SMILES string of the molecule is CC(C)n1cc(N)cc1C(=O)OCCN1CCOCC1. The highest BCUT2D eigenvalue weighted by Crippen LogP contribution is 2.17. The lowest BCUT2D eigenvalue weighted by Crippen LogP contribution is -2.38. The second-order valence-corrected chi connectivity index (χ2v) is 5.25. The van der Waals surface area contributed by atoms with E-state index in [0.717, 1.165) is 32.8 Å². The highest BCUT2D eigenvalue weighted by atomic mass is 16.5. The van der Waals surface area contributed by atoms with Crippen molar-refractivity contribution in [2.45, 2.75) is 19.9 Å². The molecule has 1 fully saturated rings. The second-order valence-electron chi connectivity index (χ2n) is 5.25. The number of morpholine rings is 1. The molecule has 0 saturated carbocycles. The fourth-order valence-electron chi connectivity index (χ4n) is 2.26. The molecule has 0 bridgehead atoms. The van der Waals surface area contributed by atoms with E-state index in [0.29, 0.717) is 18.0 Å². The van der Waals surface area contributed by atoms with Gasteiger partial charge in [0.25, 0.3) is 0 Å². The highest BCUT2D eigenvalue weighted by molar-refractivity contribution is 5.89. The Morgan fingerprint density at radius 3 is 2.80 bits per heavy atom. The first kappa shape index (κ1) is 14.9. The van der Waals surface area contributed by atoms with Gasteiger partial charge in [0.05, 0.1) is 18.9 Å². The van der Waals surface area contributed by atoms with E-state index in [1.165, 1.54) is 0 Å². The topological polar surface area (TPSA) is 69.7 Å². The van der Waals surface area contributed by atoms with Crippen molar-refractivity contribution in [3.05, 3.63) is 18.0 Å². The Morgan fingerprint density at radius 1 is 1.45 bits per heavy atom. The number of hydrogen-bond acceptors (Lipinski definition) is 5. The first-order chi connectivity index (χ1) is 9.58. The third-order valence-corrected chi connectivity index (χ3v) is 3.38. The van der Waals surface area contributed by atoms with E-state index in [2.05, 4.69) is 4.90 Å². The molecule has 2 N–H and O–H groups in total. The summed E-state index contributed by atoms with van der Waals surface area (Å²) in [5.41, 5.74) is 6.85. The quantitative estimate of drug-likeness (QED) is 0.820. The second kappa shape index (κ2) is 6.76. The summed E-state index contributed by atoms with van der Waals surface area (Å²) in [4.78, 5) is 14.3. The van der Waals surface area contributed by atoms with Gasteiger partial charge in [-0.2, -0.15) is 0 Å². The summed E-state index contributed by atoms with van der Waals surface area (Å²) in [6.07, 6.45) is 1.77. The first-order valence-electron chi connectivity index (χ1n) is 7.02. The fraction of sp³-hybridized carbons (Fsp3) is 0.643. The zero-order valence-electron chi connectivity index (χ0n) is 12.2. The van der Waals surface area contributed by atoms with Crippen LogP contribution in [0.2, 0.25) is 0 Å². The Hall–Kier alpha value is -1.53. The lowest BCUT2D eigenvalue weighted by molar-refractivity contribution is 0.0190. The van der Waals surface area contributed by atoms with Crippen molar-refractivity contribution in [2.24, 2.45) is 0 Å². The van der Waals surface area contributed by atoms with Crippen molar-refractivity contribution in [2.75, 3.05) is 45.2 Å². The number of ether oxygens (including phenoxy) is 2. The Balaban J connectivity index is 1.85. The summed E-state index contributed by atoms with van der Waals surface area (Å²) in [6, 6.07) is 1.84. The maximum absolute atomic E-state index is 12.1. The van der Waals surface area contributed by atoms with Crippen LogP contribution in [0.1, 0.15) is 30.4 Å². The number of aromatic nitrogens is 1. The Morgan fingerprint density at radius 2 is 2.15 bits per heavy atom. The molecule has 0 amide bonds. The van der Waals surface area contributed by atoms with E-state index in [1.54, 1.807) is 12.3 Å². The molecular weight excluding hydrogens is 258 g/mol. The molecule has 6 heteroatoms. The molecule has 1 aromatic rings. The fourth-order valence-corrected chi connectivity index (χ4v) is 2.26. The standard InChI is InChI=1S/C14H23N3O3/c1-11(2)17-10-12(15)9-13(17)14(18)20-8-5-16-3-6-19-7-4-16/h9-11H,3-8,15H2,1-2H3. The van der Waals surface area contributed by atoms with Gasteiger partial charge in [0.1, 0.15) is 12.3 Å². The maximum atomic E-state index is 12.1. The number of nitrogens with zero attached hydrogens (tertiary/aromatic N) is 2. The first-order valence-corrected chi connectivity index (χ1v) is 7.02. The van der Waals surface area contributed by atoms with Gasteiger partial charge >= 0.3 is 5.97 Å². The predicted molar refractivity (Wildman–Crippen MR) is 76.8 cm³/mol. The van der Waals surface area contributed by atoms with E-state index in [1.807, 2.05) is 18.4 Å². The van der Waals surface area contributed by atoms with Gasteiger partial charge < -0.3 is 19.8 Å². The molecule has 1 aliphatic heterocycles. The third kappa shape index (κ3) is 3.74. The number of hydrogen-bond donors (Lipinski definition) is 1. The molecule has 0 aromatic carbocycles. The number of carbonyl (C=O) groups excluding carboxylic acids is 1. The van der Waals surface area contributed by atoms with Crippen molar-refractivity contribution >= 4 is 11.7 Å². The van der Waals surface area contributed by atoms with Crippen LogP contribution in [0.5, 0.6) is 0 Å². The van der Waals surface area contributed by atoms with Crippen LogP contribution in [0.25, 0.3) is 0 Å². The average Bonchev–Trinajstić information content (AvgIpc) is 2.82. The van der Waals surface area contributed by atoms with Gasteiger partial charge in [-0.05, 0) is 19.9 Å². The number of carbonyl (C=O) groups is 1. The molecule has 1 saturated heterocycles. The molecular formula is C14H23N3O3. The monoisotopic (exact) mass is 281 g/mol. The Labute approximate surface area is 119 Å². The van der Waals surface area contributed by atoms with Crippen LogP contribution < -0.4 is 5.73 Å². The minimum atomic E-state index is -0.316. The van der Waals surface area contributed by atoms with E-state index in [9.17, 15) is 4.79 Å². The van der Waals surface area contributed by atoms with Crippen LogP contribution in [0.15, 0.2) is 12.3 Å². The number of esters is 1. The summed E-state index contributed by atoms with van der Waals surface area (Å²) in [5, 5.41) is 0. The smallest absolute Gasteiger partial charge is 0.355 e. The Kier molecular flexibility index (Phi) is 5.03. The molecule has 0 unspecified atom stereocenters. The van der Waals surface area contributed by atoms with Crippen LogP contribution >= 0.6 is 0 Å². The van der Waals surface area contributed by atoms with Crippen molar-refractivity contribution in [1.29, 1.82) is 0 Å². The number of anilines is 1. The molecule has 1 aromatic heterocycles. The molecule has 0 aliphatic carbocycles. The average molecular weight is 281 g/mol. The maximum Gasteiger partial charge on any atom is 0.355 e. The third-order valence-electron chi connectivity index (χ3n) is 3.38. The van der Waals surface area contributed by atoms with Gasteiger partial charge in [0.15, 0.2) is 0 Å². The zero-order chi connectivity index (χ0) is 14.5. The minimum absolute atomic E-state index is 0.175.